The molecule has 98 valence electrons. The number of hydrogen-bond donors (Lipinski definition) is 1. The van der Waals surface area contributed by atoms with Gasteiger partial charge in [-0.1, -0.05) is 6.92 Å². The Labute approximate surface area is 126 Å². The van der Waals surface area contributed by atoms with Gasteiger partial charge in [0.15, 0.2) is 0 Å². The summed E-state index contributed by atoms with van der Waals surface area (Å²) in [4.78, 5) is 15.3. The van der Waals surface area contributed by atoms with Crippen LogP contribution in [0, 0.1) is 0 Å². The molecule has 0 aromatic heterocycles. The fourth-order valence-corrected chi connectivity index (χ4v) is 3.80. The normalized spacial score (nSPS) is 19.9. The lowest BCUT2D eigenvalue weighted by atomic mass is 10.2. The summed E-state index contributed by atoms with van der Waals surface area (Å²) in [6.07, 6.45) is 1.11. The zero-order chi connectivity index (χ0) is 13.1. The number of amides is 1. The Morgan fingerprint density at radius 3 is 3.11 bits per heavy atom. The number of rotatable bonds is 2. The maximum atomic E-state index is 12.5. The van der Waals surface area contributed by atoms with Crippen LogP contribution in [0.15, 0.2) is 27.6 Å². The minimum absolute atomic E-state index is 0.108. The maximum Gasteiger partial charge on any atom is 0.255 e. The van der Waals surface area contributed by atoms with Crippen LogP contribution in [0.5, 0.6) is 0 Å². The van der Waals surface area contributed by atoms with Crippen LogP contribution in [0.2, 0.25) is 0 Å². The first-order chi connectivity index (χ1) is 8.61. The minimum atomic E-state index is 0.108. The fourth-order valence-electron chi connectivity index (χ4n) is 2.00. The highest BCUT2D eigenvalue weighted by atomic mass is 79.9. The second kappa shape index (κ2) is 6.35. The van der Waals surface area contributed by atoms with Gasteiger partial charge in [0.2, 0.25) is 0 Å². The van der Waals surface area contributed by atoms with Crippen molar-refractivity contribution in [2.24, 2.45) is 0 Å². The van der Waals surface area contributed by atoms with Crippen LogP contribution in [-0.4, -0.2) is 34.9 Å². The molecule has 1 aromatic carbocycles. The van der Waals surface area contributed by atoms with Gasteiger partial charge in [-0.15, -0.1) is 12.6 Å². The van der Waals surface area contributed by atoms with E-state index in [1.165, 1.54) is 0 Å². The van der Waals surface area contributed by atoms with Crippen LogP contribution < -0.4 is 0 Å². The number of benzene rings is 1. The molecule has 2 nitrogen and oxygen atoms in total. The van der Waals surface area contributed by atoms with Gasteiger partial charge in [0.05, 0.1) is 5.56 Å². The molecule has 1 aromatic rings. The third-order valence-electron chi connectivity index (χ3n) is 3.06. The van der Waals surface area contributed by atoms with Crippen molar-refractivity contribution >= 4 is 46.2 Å². The van der Waals surface area contributed by atoms with Gasteiger partial charge in [0.1, 0.15) is 0 Å². The van der Waals surface area contributed by atoms with Gasteiger partial charge in [-0.05, 0) is 40.5 Å². The molecular formula is C13H16BrNOS2. The molecule has 0 N–H and O–H groups in total. The van der Waals surface area contributed by atoms with E-state index in [0.717, 1.165) is 34.6 Å². The topological polar surface area (TPSA) is 20.3 Å². The third-order valence-corrected chi connectivity index (χ3v) is 5.40. The molecule has 0 spiro atoms. The van der Waals surface area contributed by atoms with Gasteiger partial charge in [-0.2, -0.15) is 11.8 Å². The van der Waals surface area contributed by atoms with Crippen LogP contribution >= 0.6 is 40.3 Å². The number of carbonyl (C=O) groups is 1. The summed E-state index contributed by atoms with van der Waals surface area (Å²) in [6, 6.07) is 5.59. The van der Waals surface area contributed by atoms with E-state index in [1.54, 1.807) is 0 Å². The molecule has 1 amide bonds. The lowest BCUT2D eigenvalue weighted by Gasteiger charge is -2.32. The molecule has 1 atom stereocenters. The second-order valence-corrected chi connectivity index (χ2v) is 7.10. The molecule has 1 aliphatic heterocycles. The van der Waals surface area contributed by atoms with E-state index in [4.69, 9.17) is 0 Å². The highest BCUT2D eigenvalue weighted by Crippen LogP contribution is 2.26. The smallest absolute Gasteiger partial charge is 0.255 e. The molecule has 1 saturated heterocycles. The molecule has 0 saturated carbocycles. The number of thioether (sulfide) groups is 1. The molecule has 1 heterocycles. The number of halogens is 1. The summed E-state index contributed by atoms with van der Waals surface area (Å²) < 4.78 is 0.844. The third kappa shape index (κ3) is 3.25. The van der Waals surface area contributed by atoms with Crippen molar-refractivity contribution in [3.05, 3.63) is 28.2 Å². The van der Waals surface area contributed by atoms with E-state index < -0.39 is 0 Å². The Balaban J connectivity index is 2.17. The number of thiol groups is 1. The van der Waals surface area contributed by atoms with Gasteiger partial charge in [-0.25, -0.2) is 0 Å². The van der Waals surface area contributed by atoms with Crippen molar-refractivity contribution in [2.75, 3.05) is 18.8 Å². The zero-order valence-electron chi connectivity index (χ0n) is 10.2. The molecular weight excluding hydrogens is 330 g/mol. The maximum absolute atomic E-state index is 12.5. The Kier molecular flexibility index (Phi) is 5.04. The summed E-state index contributed by atoms with van der Waals surface area (Å²) in [7, 11) is 0. The van der Waals surface area contributed by atoms with Gasteiger partial charge in [-0.3, -0.25) is 4.79 Å². The van der Waals surface area contributed by atoms with E-state index in [1.807, 2.05) is 34.9 Å². The average Bonchev–Trinajstić information content (AvgIpc) is 2.41. The van der Waals surface area contributed by atoms with E-state index in [0.29, 0.717) is 10.8 Å². The summed E-state index contributed by atoms with van der Waals surface area (Å²) >= 11 is 9.71. The van der Waals surface area contributed by atoms with Crippen molar-refractivity contribution in [2.45, 2.75) is 23.5 Å². The summed E-state index contributed by atoms with van der Waals surface area (Å²) in [6.45, 7) is 3.86. The molecule has 2 rings (SSSR count). The highest BCUT2D eigenvalue weighted by Gasteiger charge is 2.25. The van der Waals surface area contributed by atoms with E-state index in [-0.39, 0.29) is 5.91 Å². The SMILES string of the molecule is CCC1CN(C(=O)c2cc(S)ccc2Br)CCS1. The molecule has 1 fully saturated rings. The number of carbonyl (C=O) groups excluding carboxylic acids is 1. The molecule has 0 radical (unpaired) electrons. The molecule has 1 aliphatic rings. The Morgan fingerprint density at radius 1 is 1.61 bits per heavy atom. The highest BCUT2D eigenvalue weighted by molar-refractivity contribution is 9.10. The van der Waals surface area contributed by atoms with Crippen LogP contribution in [0.25, 0.3) is 0 Å². The van der Waals surface area contributed by atoms with Crippen LogP contribution in [0.1, 0.15) is 23.7 Å². The molecule has 1 unspecified atom stereocenters. The molecule has 5 heteroatoms. The second-order valence-electron chi connectivity index (χ2n) is 4.32. The first-order valence-corrected chi connectivity index (χ1v) is 8.30. The van der Waals surface area contributed by atoms with Crippen molar-refractivity contribution in [3.8, 4) is 0 Å². The standard InChI is InChI=1S/C13H16BrNOS2/c1-2-10-8-15(5-6-18-10)13(16)11-7-9(17)3-4-12(11)14/h3-4,7,10,17H,2,5-6,8H2,1H3. The van der Waals surface area contributed by atoms with Gasteiger partial charge >= 0.3 is 0 Å². The predicted octanol–water partition coefficient (Wildman–Crippen LogP) is 3.71. The Morgan fingerprint density at radius 2 is 2.39 bits per heavy atom. The molecule has 0 bridgehead atoms. The lowest BCUT2D eigenvalue weighted by Crippen LogP contribution is -2.41. The van der Waals surface area contributed by atoms with Crippen LogP contribution in [0.4, 0.5) is 0 Å². The van der Waals surface area contributed by atoms with Crippen LogP contribution in [0.3, 0.4) is 0 Å². The summed E-state index contributed by atoms with van der Waals surface area (Å²) in [5.74, 6) is 1.14. The first-order valence-electron chi connectivity index (χ1n) is 6.01. The average molecular weight is 346 g/mol. The van der Waals surface area contributed by atoms with Gasteiger partial charge in [0, 0.05) is 33.5 Å². The van der Waals surface area contributed by atoms with Crippen molar-refractivity contribution < 1.29 is 4.79 Å². The van der Waals surface area contributed by atoms with Gasteiger partial charge < -0.3 is 4.90 Å². The van der Waals surface area contributed by atoms with E-state index in [9.17, 15) is 4.79 Å². The van der Waals surface area contributed by atoms with Crippen molar-refractivity contribution in [3.63, 3.8) is 0 Å². The lowest BCUT2D eigenvalue weighted by molar-refractivity contribution is 0.0760. The fraction of sp³-hybridized carbons (Fsp3) is 0.462. The van der Waals surface area contributed by atoms with Crippen LogP contribution in [-0.2, 0) is 0 Å². The van der Waals surface area contributed by atoms with E-state index in [2.05, 4.69) is 35.5 Å². The van der Waals surface area contributed by atoms with Crippen molar-refractivity contribution in [1.29, 1.82) is 0 Å². The Bertz CT molecular complexity index is 453. The first kappa shape index (κ1) is 14.3. The summed E-state index contributed by atoms with van der Waals surface area (Å²) in [5, 5.41) is 0.570. The largest absolute Gasteiger partial charge is 0.337 e. The number of nitrogens with zero attached hydrogens (tertiary/aromatic N) is 1. The van der Waals surface area contributed by atoms with Gasteiger partial charge in [0.25, 0.3) is 5.91 Å². The monoisotopic (exact) mass is 345 g/mol. The summed E-state index contributed by atoms with van der Waals surface area (Å²) in [5.41, 5.74) is 0.712. The quantitative estimate of drug-likeness (QED) is 0.824. The molecule has 0 aliphatic carbocycles. The van der Waals surface area contributed by atoms with E-state index >= 15 is 0 Å². The zero-order valence-corrected chi connectivity index (χ0v) is 13.5. The molecule has 18 heavy (non-hydrogen) atoms. The Hall–Kier alpha value is -0.130. The van der Waals surface area contributed by atoms with Crippen molar-refractivity contribution in [1.82, 2.24) is 4.90 Å². The minimum Gasteiger partial charge on any atom is -0.337 e. The number of hydrogen-bond acceptors (Lipinski definition) is 3. The predicted molar refractivity (Wildman–Crippen MR) is 83.8 cm³/mol.